The lowest BCUT2D eigenvalue weighted by Gasteiger charge is -2.22. The molecular weight excluding hydrogens is 240 g/mol. The third-order valence-corrected chi connectivity index (χ3v) is 2.75. The van der Waals surface area contributed by atoms with Crippen molar-refractivity contribution >= 4 is 11.7 Å². The number of hydrogen-bond donors (Lipinski definition) is 2. The number of nitrogens with two attached hydrogens (primary N) is 1. The molecule has 0 aromatic carbocycles. The highest BCUT2D eigenvalue weighted by molar-refractivity contribution is 5.90. The van der Waals surface area contributed by atoms with Crippen LogP contribution < -0.4 is 11.1 Å². The second-order valence-corrected chi connectivity index (χ2v) is 6.53. The van der Waals surface area contributed by atoms with Crippen molar-refractivity contribution in [2.45, 2.75) is 59.5 Å². The van der Waals surface area contributed by atoms with Gasteiger partial charge in [-0.25, -0.2) is 4.68 Å². The molecule has 5 heteroatoms. The maximum absolute atomic E-state index is 11.9. The maximum atomic E-state index is 11.9. The van der Waals surface area contributed by atoms with Crippen molar-refractivity contribution in [3.63, 3.8) is 0 Å². The van der Waals surface area contributed by atoms with Crippen LogP contribution in [0.4, 0.5) is 5.82 Å². The highest BCUT2D eigenvalue weighted by atomic mass is 16.1. The van der Waals surface area contributed by atoms with Crippen LogP contribution in [0.1, 0.15) is 53.5 Å². The summed E-state index contributed by atoms with van der Waals surface area (Å²) in [5, 5.41) is 7.05. The van der Waals surface area contributed by atoms with E-state index in [1.165, 1.54) is 0 Å². The van der Waals surface area contributed by atoms with Crippen molar-refractivity contribution in [1.82, 2.24) is 9.78 Å². The molecule has 0 spiro atoms. The van der Waals surface area contributed by atoms with Crippen LogP contribution in [0.3, 0.4) is 0 Å². The number of carbonyl (C=O) groups excluding carboxylic acids is 1. The summed E-state index contributed by atoms with van der Waals surface area (Å²) in [4.78, 5) is 11.9. The molecule has 0 saturated carbocycles. The van der Waals surface area contributed by atoms with Crippen molar-refractivity contribution in [3.05, 3.63) is 12.3 Å². The number of hydrogen-bond acceptors (Lipinski definition) is 3. The van der Waals surface area contributed by atoms with Crippen molar-refractivity contribution in [3.8, 4) is 0 Å². The molecule has 0 radical (unpaired) electrons. The minimum Gasteiger partial charge on any atom is -0.327 e. The summed E-state index contributed by atoms with van der Waals surface area (Å²) in [7, 11) is 0. The summed E-state index contributed by atoms with van der Waals surface area (Å²) in [6.07, 6.45) is 2.84. The van der Waals surface area contributed by atoms with Crippen molar-refractivity contribution in [2.24, 2.45) is 11.1 Å². The van der Waals surface area contributed by atoms with E-state index in [1.807, 2.05) is 13.8 Å². The lowest BCUT2D eigenvalue weighted by molar-refractivity contribution is -0.116. The number of nitrogens with one attached hydrogen (secondary N) is 1. The van der Waals surface area contributed by atoms with E-state index < -0.39 is 0 Å². The first-order chi connectivity index (χ1) is 8.69. The first-order valence-corrected chi connectivity index (χ1v) is 6.78. The Morgan fingerprint density at radius 2 is 2.11 bits per heavy atom. The Hall–Kier alpha value is -1.36. The van der Waals surface area contributed by atoms with Crippen LogP contribution in [0.5, 0.6) is 0 Å². The average Bonchev–Trinajstić information content (AvgIpc) is 2.61. The van der Waals surface area contributed by atoms with Gasteiger partial charge in [-0.1, -0.05) is 20.8 Å². The van der Waals surface area contributed by atoms with E-state index in [0.717, 1.165) is 12.2 Å². The highest BCUT2D eigenvalue weighted by Crippen LogP contribution is 2.21. The molecule has 0 aliphatic carbocycles. The molecule has 0 fully saturated rings. The fourth-order valence-electron chi connectivity index (χ4n) is 2.12. The zero-order valence-corrected chi connectivity index (χ0v) is 12.6. The van der Waals surface area contributed by atoms with Crippen LogP contribution in [0.15, 0.2) is 12.3 Å². The van der Waals surface area contributed by atoms with E-state index in [-0.39, 0.29) is 23.4 Å². The van der Waals surface area contributed by atoms with Gasteiger partial charge in [0.1, 0.15) is 5.82 Å². The molecule has 0 saturated heterocycles. The molecule has 0 aliphatic heterocycles. The van der Waals surface area contributed by atoms with E-state index in [2.05, 4.69) is 31.2 Å². The fourth-order valence-corrected chi connectivity index (χ4v) is 2.12. The largest absolute Gasteiger partial charge is 0.327 e. The van der Waals surface area contributed by atoms with Gasteiger partial charge < -0.3 is 11.1 Å². The first kappa shape index (κ1) is 15.7. The molecule has 0 bridgehead atoms. The smallest absolute Gasteiger partial charge is 0.227 e. The zero-order chi connectivity index (χ0) is 14.6. The number of anilines is 1. The fraction of sp³-hybridized carbons (Fsp3) is 0.714. The topological polar surface area (TPSA) is 72.9 Å². The quantitative estimate of drug-likeness (QED) is 0.860. The molecule has 1 atom stereocenters. The second-order valence-electron chi connectivity index (χ2n) is 6.53. The van der Waals surface area contributed by atoms with Crippen LogP contribution in [-0.4, -0.2) is 21.7 Å². The summed E-state index contributed by atoms with van der Waals surface area (Å²) < 4.78 is 1.78. The second kappa shape index (κ2) is 6.19. The van der Waals surface area contributed by atoms with E-state index in [1.54, 1.807) is 16.9 Å². The van der Waals surface area contributed by atoms with Gasteiger partial charge in [0.2, 0.25) is 5.91 Å². The van der Waals surface area contributed by atoms with Gasteiger partial charge in [-0.2, -0.15) is 5.10 Å². The molecule has 1 amide bonds. The van der Waals surface area contributed by atoms with Gasteiger partial charge in [0.05, 0.1) is 6.20 Å². The van der Waals surface area contributed by atoms with Crippen LogP contribution in [0, 0.1) is 5.41 Å². The SMILES string of the molecule is CC(C)n1nccc1NC(=O)CC(N)CC(C)(C)C. The summed E-state index contributed by atoms with van der Waals surface area (Å²) in [5.41, 5.74) is 6.14. The Labute approximate surface area is 115 Å². The predicted molar refractivity (Wildman–Crippen MR) is 77.9 cm³/mol. The number of rotatable bonds is 5. The molecule has 3 N–H and O–H groups in total. The molecule has 0 aliphatic rings. The number of aromatic nitrogens is 2. The number of carbonyl (C=O) groups is 1. The molecule has 1 rings (SSSR count). The van der Waals surface area contributed by atoms with Crippen LogP contribution in [-0.2, 0) is 4.79 Å². The van der Waals surface area contributed by atoms with Crippen LogP contribution >= 0.6 is 0 Å². The molecule has 1 unspecified atom stereocenters. The monoisotopic (exact) mass is 266 g/mol. The first-order valence-electron chi connectivity index (χ1n) is 6.78. The third-order valence-electron chi connectivity index (χ3n) is 2.75. The van der Waals surface area contributed by atoms with E-state index in [0.29, 0.717) is 6.42 Å². The highest BCUT2D eigenvalue weighted by Gasteiger charge is 2.19. The molecule has 5 nitrogen and oxygen atoms in total. The Bertz CT molecular complexity index is 417. The van der Waals surface area contributed by atoms with Gasteiger partial charge in [0.15, 0.2) is 0 Å². The van der Waals surface area contributed by atoms with Gasteiger partial charge in [0.25, 0.3) is 0 Å². The van der Waals surface area contributed by atoms with E-state index in [4.69, 9.17) is 5.73 Å². The Morgan fingerprint density at radius 3 is 2.63 bits per heavy atom. The minimum absolute atomic E-state index is 0.0563. The number of nitrogens with zero attached hydrogens (tertiary/aromatic N) is 2. The van der Waals surface area contributed by atoms with Crippen molar-refractivity contribution in [1.29, 1.82) is 0 Å². The van der Waals surface area contributed by atoms with Crippen LogP contribution in [0.2, 0.25) is 0 Å². The lowest BCUT2D eigenvalue weighted by atomic mass is 9.87. The summed E-state index contributed by atoms with van der Waals surface area (Å²) in [6, 6.07) is 1.90. The van der Waals surface area contributed by atoms with Gasteiger partial charge in [0, 0.05) is 24.6 Å². The van der Waals surface area contributed by atoms with Gasteiger partial charge in [-0.15, -0.1) is 0 Å². The van der Waals surface area contributed by atoms with Crippen molar-refractivity contribution in [2.75, 3.05) is 5.32 Å². The standard InChI is InChI=1S/C14H26N4O/c1-10(2)18-12(6-7-16-18)17-13(19)8-11(15)9-14(3,4)5/h6-7,10-11H,8-9,15H2,1-5H3,(H,17,19). The van der Waals surface area contributed by atoms with Gasteiger partial charge in [-0.3, -0.25) is 4.79 Å². The maximum Gasteiger partial charge on any atom is 0.227 e. The normalized spacial score (nSPS) is 13.6. The molecule has 1 aromatic heterocycles. The minimum atomic E-state index is -0.115. The summed E-state index contributed by atoms with van der Waals surface area (Å²) in [6.45, 7) is 10.4. The lowest BCUT2D eigenvalue weighted by Crippen LogP contribution is -2.31. The van der Waals surface area contributed by atoms with E-state index >= 15 is 0 Å². The van der Waals surface area contributed by atoms with Gasteiger partial charge >= 0.3 is 0 Å². The molecule has 108 valence electrons. The summed E-state index contributed by atoms with van der Waals surface area (Å²) in [5.74, 6) is 0.669. The molecule has 1 aromatic rings. The third kappa shape index (κ3) is 5.42. The summed E-state index contributed by atoms with van der Waals surface area (Å²) >= 11 is 0. The van der Waals surface area contributed by atoms with Crippen LogP contribution in [0.25, 0.3) is 0 Å². The van der Waals surface area contributed by atoms with Gasteiger partial charge in [-0.05, 0) is 25.7 Å². The number of amides is 1. The Balaban J connectivity index is 2.54. The predicted octanol–water partition coefficient (Wildman–Crippen LogP) is 2.56. The Morgan fingerprint density at radius 1 is 1.47 bits per heavy atom. The average molecular weight is 266 g/mol. The van der Waals surface area contributed by atoms with E-state index in [9.17, 15) is 4.79 Å². The van der Waals surface area contributed by atoms with Crippen molar-refractivity contribution < 1.29 is 4.79 Å². The Kier molecular flexibility index (Phi) is 5.11. The molecular formula is C14H26N4O. The molecule has 19 heavy (non-hydrogen) atoms. The zero-order valence-electron chi connectivity index (χ0n) is 12.6. The molecule has 1 heterocycles.